The molecule has 0 heterocycles. The first-order chi connectivity index (χ1) is 13.8. The van der Waals surface area contributed by atoms with Gasteiger partial charge in [-0.1, -0.05) is 30.4 Å². The Balaban J connectivity index is 2.07. The van der Waals surface area contributed by atoms with Crippen LogP contribution in [-0.2, 0) is 10.0 Å². The summed E-state index contributed by atoms with van der Waals surface area (Å²) in [5.74, 6) is -0.315. The van der Waals surface area contributed by atoms with Crippen LogP contribution in [0, 0.1) is 6.92 Å². The van der Waals surface area contributed by atoms with E-state index in [0.29, 0.717) is 11.3 Å². The van der Waals surface area contributed by atoms with Gasteiger partial charge in [0.25, 0.3) is 5.91 Å². The molecule has 0 fully saturated rings. The van der Waals surface area contributed by atoms with Gasteiger partial charge in [-0.3, -0.25) is 10.1 Å². The van der Waals surface area contributed by atoms with Crippen LogP contribution >= 0.6 is 12.2 Å². The molecule has 2 aromatic carbocycles. The monoisotopic (exact) mass is 429 g/mol. The summed E-state index contributed by atoms with van der Waals surface area (Å²) in [6.07, 6.45) is 3.04. The van der Waals surface area contributed by atoms with E-state index in [1.165, 1.54) is 28.6 Å². The number of benzene rings is 2. The van der Waals surface area contributed by atoms with E-state index in [2.05, 4.69) is 23.8 Å². The lowest BCUT2D eigenvalue weighted by Crippen LogP contribution is -2.34. The van der Waals surface area contributed by atoms with Gasteiger partial charge in [0, 0.05) is 24.3 Å². The van der Waals surface area contributed by atoms with Gasteiger partial charge in [0.15, 0.2) is 5.11 Å². The van der Waals surface area contributed by atoms with Crippen LogP contribution in [0.3, 0.4) is 0 Å². The highest BCUT2D eigenvalue weighted by molar-refractivity contribution is 7.89. The highest BCUT2D eigenvalue weighted by Crippen LogP contribution is 2.18. The molecule has 0 atom stereocenters. The fourth-order valence-electron chi connectivity index (χ4n) is 2.58. The van der Waals surface area contributed by atoms with Crippen LogP contribution in [0.1, 0.15) is 15.9 Å². The largest absolute Gasteiger partial charge is 0.332 e. The zero-order valence-electron chi connectivity index (χ0n) is 16.1. The van der Waals surface area contributed by atoms with Crippen molar-refractivity contribution >= 4 is 38.9 Å². The summed E-state index contributed by atoms with van der Waals surface area (Å²) in [6.45, 7) is 9.38. The minimum absolute atomic E-state index is 0.119. The average Bonchev–Trinajstić information content (AvgIpc) is 2.68. The third-order valence-electron chi connectivity index (χ3n) is 4.03. The molecule has 0 aliphatic heterocycles. The maximum Gasteiger partial charge on any atom is 0.257 e. The fraction of sp³-hybridized carbons (Fsp3) is 0.143. The van der Waals surface area contributed by atoms with Crippen LogP contribution in [-0.4, -0.2) is 36.8 Å². The van der Waals surface area contributed by atoms with Crippen molar-refractivity contribution in [3.05, 3.63) is 85.0 Å². The lowest BCUT2D eigenvalue weighted by atomic mass is 10.1. The van der Waals surface area contributed by atoms with E-state index < -0.39 is 10.0 Å². The Morgan fingerprint density at radius 2 is 1.66 bits per heavy atom. The number of hydrogen-bond donors (Lipinski definition) is 2. The second-order valence-corrected chi connectivity index (χ2v) is 8.49. The average molecular weight is 430 g/mol. The highest BCUT2D eigenvalue weighted by atomic mass is 32.2. The molecule has 6 nitrogen and oxygen atoms in total. The van der Waals surface area contributed by atoms with Crippen molar-refractivity contribution in [3.8, 4) is 0 Å². The molecule has 29 heavy (non-hydrogen) atoms. The molecule has 0 aromatic heterocycles. The summed E-state index contributed by atoms with van der Waals surface area (Å²) in [4.78, 5) is 12.5. The minimum Gasteiger partial charge on any atom is -0.332 e. The van der Waals surface area contributed by atoms with Crippen LogP contribution in [0.2, 0.25) is 0 Å². The molecular weight excluding hydrogens is 406 g/mol. The van der Waals surface area contributed by atoms with Crippen LogP contribution in [0.25, 0.3) is 0 Å². The molecule has 0 saturated carbocycles. The number of thiocarbonyl (C=S) groups is 1. The van der Waals surface area contributed by atoms with E-state index >= 15 is 0 Å². The van der Waals surface area contributed by atoms with Crippen molar-refractivity contribution in [3.63, 3.8) is 0 Å². The molecule has 0 unspecified atom stereocenters. The van der Waals surface area contributed by atoms with Crippen LogP contribution < -0.4 is 10.6 Å². The van der Waals surface area contributed by atoms with Crippen molar-refractivity contribution in [1.29, 1.82) is 0 Å². The van der Waals surface area contributed by atoms with Crippen LogP contribution in [0.15, 0.2) is 78.7 Å². The van der Waals surface area contributed by atoms with Gasteiger partial charge in [-0.15, -0.1) is 13.2 Å². The first-order valence-corrected chi connectivity index (χ1v) is 10.6. The van der Waals surface area contributed by atoms with Gasteiger partial charge in [0.1, 0.15) is 0 Å². The molecule has 8 heteroatoms. The van der Waals surface area contributed by atoms with Gasteiger partial charge in [-0.25, -0.2) is 8.42 Å². The number of nitrogens with one attached hydrogen (secondary N) is 2. The zero-order valence-corrected chi connectivity index (χ0v) is 17.7. The third-order valence-corrected chi connectivity index (χ3v) is 6.08. The summed E-state index contributed by atoms with van der Waals surface area (Å²) < 4.78 is 26.7. The predicted molar refractivity (Wildman–Crippen MR) is 120 cm³/mol. The molecule has 0 saturated heterocycles. The summed E-state index contributed by atoms with van der Waals surface area (Å²) in [7, 11) is -3.67. The van der Waals surface area contributed by atoms with Crippen molar-refractivity contribution in [2.24, 2.45) is 0 Å². The molecule has 2 aromatic rings. The van der Waals surface area contributed by atoms with Gasteiger partial charge in [-0.2, -0.15) is 4.31 Å². The Hall–Kier alpha value is -2.81. The normalized spacial score (nSPS) is 11.0. The smallest absolute Gasteiger partial charge is 0.257 e. The third kappa shape index (κ3) is 5.83. The van der Waals surface area contributed by atoms with Crippen molar-refractivity contribution in [2.75, 3.05) is 18.4 Å². The molecular formula is C21H23N3O3S2. The van der Waals surface area contributed by atoms with E-state index in [-0.39, 0.29) is 29.0 Å². The Morgan fingerprint density at radius 1 is 1.07 bits per heavy atom. The SMILES string of the molecule is C=CCN(CC=C)S(=O)(=O)c1ccc(NC(=S)NC(=O)c2ccccc2C)cc1. The van der Waals surface area contributed by atoms with E-state index in [1.807, 2.05) is 19.1 Å². The quantitative estimate of drug-likeness (QED) is 0.496. The van der Waals surface area contributed by atoms with Gasteiger partial charge < -0.3 is 5.32 Å². The first kappa shape index (κ1) is 22.5. The summed E-state index contributed by atoms with van der Waals surface area (Å²) in [5.41, 5.74) is 1.92. The number of hydrogen-bond acceptors (Lipinski definition) is 4. The molecule has 0 spiro atoms. The number of anilines is 1. The van der Waals surface area contributed by atoms with Crippen molar-refractivity contribution in [1.82, 2.24) is 9.62 Å². The Morgan fingerprint density at radius 3 is 2.21 bits per heavy atom. The van der Waals surface area contributed by atoms with Crippen LogP contribution in [0.5, 0.6) is 0 Å². The zero-order chi connectivity index (χ0) is 21.4. The number of carbonyl (C=O) groups excluding carboxylic acids is 1. The van der Waals surface area contributed by atoms with Gasteiger partial charge >= 0.3 is 0 Å². The summed E-state index contributed by atoms with van der Waals surface area (Å²) in [6, 6.07) is 13.3. The number of sulfonamides is 1. The topological polar surface area (TPSA) is 78.5 Å². The standard InChI is InChI=1S/C21H23N3O3S2/c1-4-14-24(15-5-2)29(26,27)18-12-10-17(11-13-18)22-21(28)23-20(25)19-9-7-6-8-16(19)3/h4-13H,1-2,14-15H2,3H3,(H2,22,23,25,28). The van der Waals surface area contributed by atoms with Gasteiger partial charge in [-0.05, 0) is 55.0 Å². The molecule has 2 rings (SSSR count). The number of aryl methyl sites for hydroxylation is 1. The fourth-order valence-corrected chi connectivity index (χ4v) is 4.17. The van der Waals surface area contributed by atoms with E-state index in [4.69, 9.17) is 12.2 Å². The Labute approximate surface area is 177 Å². The molecule has 1 amide bonds. The number of rotatable bonds is 8. The summed E-state index contributed by atoms with van der Waals surface area (Å²) in [5, 5.41) is 5.61. The Bertz CT molecular complexity index is 1010. The number of carbonyl (C=O) groups is 1. The van der Waals surface area contributed by atoms with E-state index in [9.17, 15) is 13.2 Å². The molecule has 0 aliphatic carbocycles. The molecule has 2 N–H and O–H groups in total. The summed E-state index contributed by atoms with van der Waals surface area (Å²) >= 11 is 5.18. The second-order valence-electron chi connectivity index (χ2n) is 6.15. The number of amides is 1. The van der Waals surface area contributed by atoms with E-state index in [1.54, 1.807) is 24.3 Å². The van der Waals surface area contributed by atoms with Crippen molar-refractivity contribution in [2.45, 2.75) is 11.8 Å². The maximum absolute atomic E-state index is 12.7. The van der Waals surface area contributed by atoms with Gasteiger partial charge in [0.05, 0.1) is 4.90 Å². The first-order valence-electron chi connectivity index (χ1n) is 8.79. The lowest BCUT2D eigenvalue weighted by molar-refractivity contribution is 0.0977. The van der Waals surface area contributed by atoms with Crippen molar-refractivity contribution < 1.29 is 13.2 Å². The predicted octanol–water partition coefficient (Wildman–Crippen LogP) is 3.48. The molecule has 152 valence electrons. The highest BCUT2D eigenvalue weighted by Gasteiger charge is 2.22. The van der Waals surface area contributed by atoms with Crippen LogP contribution in [0.4, 0.5) is 5.69 Å². The van der Waals surface area contributed by atoms with E-state index in [0.717, 1.165) is 5.56 Å². The minimum atomic E-state index is -3.67. The Kier molecular flexibility index (Phi) is 7.83. The second kappa shape index (κ2) is 10.1. The van der Waals surface area contributed by atoms with Gasteiger partial charge in [0.2, 0.25) is 10.0 Å². The number of nitrogens with zero attached hydrogens (tertiary/aromatic N) is 1. The molecule has 0 radical (unpaired) electrons. The maximum atomic E-state index is 12.7. The molecule has 0 aliphatic rings. The lowest BCUT2D eigenvalue weighted by Gasteiger charge is -2.19. The molecule has 0 bridgehead atoms.